The van der Waals surface area contributed by atoms with E-state index < -0.39 is 5.97 Å². The molecule has 0 aromatic rings. The molecule has 0 amide bonds. The van der Waals surface area contributed by atoms with Crippen LogP contribution in [0.3, 0.4) is 0 Å². The zero-order valence-electron chi connectivity index (χ0n) is 23.1. The third kappa shape index (κ3) is 26.9. The predicted molar refractivity (Wildman–Crippen MR) is 149 cm³/mol. The minimum Gasteiger partial charge on any atom is -0.481 e. The summed E-state index contributed by atoms with van der Waals surface area (Å²) in [6, 6.07) is 0. The lowest BCUT2D eigenvalue weighted by Crippen LogP contribution is -2.16. The zero-order valence-corrected chi connectivity index (χ0v) is 23.1. The van der Waals surface area contributed by atoms with Gasteiger partial charge in [0, 0.05) is 12.8 Å². The molecule has 1 N–H and O–H groups in total. The number of esters is 1. The molecule has 0 fully saturated rings. The Morgan fingerprint density at radius 2 is 1.17 bits per heavy atom. The third-order valence-electron chi connectivity index (χ3n) is 6.36. The SMILES string of the molecule is CCC/C=C\CCCCCCCC(=O)OC(/C=C\CCCCCCCC)CCCCCCC(=O)O. The monoisotopic (exact) mass is 492 g/mol. The van der Waals surface area contributed by atoms with Crippen LogP contribution in [0.4, 0.5) is 0 Å². The number of hydrogen-bond donors (Lipinski definition) is 1. The summed E-state index contributed by atoms with van der Waals surface area (Å²) in [5.41, 5.74) is 0. The van der Waals surface area contributed by atoms with E-state index in [-0.39, 0.29) is 18.5 Å². The Labute approximate surface area is 217 Å². The van der Waals surface area contributed by atoms with E-state index >= 15 is 0 Å². The Morgan fingerprint density at radius 3 is 1.83 bits per heavy atom. The van der Waals surface area contributed by atoms with Gasteiger partial charge in [-0.15, -0.1) is 0 Å². The van der Waals surface area contributed by atoms with Gasteiger partial charge in [-0.3, -0.25) is 9.59 Å². The molecule has 0 aromatic carbocycles. The summed E-state index contributed by atoms with van der Waals surface area (Å²) in [6.07, 6.45) is 31.9. The molecular formula is C31H56O4. The van der Waals surface area contributed by atoms with Crippen molar-refractivity contribution in [2.45, 2.75) is 161 Å². The molecule has 204 valence electrons. The van der Waals surface area contributed by atoms with Crippen LogP contribution in [-0.4, -0.2) is 23.1 Å². The summed E-state index contributed by atoms with van der Waals surface area (Å²) in [7, 11) is 0. The van der Waals surface area contributed by atoms with Crippen LogP contribution in [0.25, 0.3) is 0 Å². The molecule has 0 aliphatic heterocycles. The Bertz CT molecular complexity index is 538. The quantitative estimate of drug-likeness (QED) is 0.0741. The molecule has 0 aromatic heterocycles. The van der Waals surface area contributed by atoms with Crippen LogP contribution in [0.2, 0.25) is 0 Å². The molecular weight excluding hydrogens is 436 g/mol. The summed E-state index contributed by atoms with van der Waals surface area (Å²) >= 11 is 0. The lowest BCUT2D eigenvalue weighted by atomic mass is 10.1. The van der Waals surface area contributed by atoms with Gasteiger partial charge in [0.25, 0.3) is 0 Å². The second-order valence-electron chi connectivity index (χ2n) is 9.93. The highest BCUT2D eigenvalue weighted by molar-refractivity contribution is 5.69. The van der Waals surface area contributed by atoms with E-state index in [1.54, 1.807) is 0 Å². The van der Waals surface area contributed by atoms with Crippen molar-refractivity contribution in [2.24, 2.45) is 0 Å². The summed E-state index contributed by atoms with van der Waals surface area (Å²) < 4.78 is 5.81. The summed E-state index contributed by atoms with van der Waals surface area (Å²) in [5, 5.41) is 8.76. The average Bonchev–Trinajstić information content (AvgIpc) is 2.83. The Kier molecular flexibility index (Phi) is 25.8. The van der Waals surface area contributed by atoms with Crippen molar-refractivity contribution in [3.8, 4) is 0 Å². The summed E-state index contributed by atoms with van der Waals surface area (Å²) in [4.78, 5) is 23.0. The van der Waals surface area contributed by atoms with Gasteiger partial charge in [0.1, 0.15) is 6.10 Å². The molecule has 0 saturated heterocycles. The van der Waals surface area contributed by atoms with Crippen LogP contribution in [0.1, 0.15) is 155 Å². The lowest BCUT2D eigenvalue weighted by molar-refractivity contribution is -0.147. The van der Waals surface area contributed by atoms with Gasteiger partial charge in [-0.2, -0.15) is 0 Å². The maximum absolute atomic E-state index is 12.4. The van der Waals surface area contributed by atoms with Crippen LogP contribution < -0.4 is 0 Å². The number of aliphatic carboxylic acids is 1. The smallest absolute Gasteiger partial charge is 0.306 e. The third-order valence-corrected chi connectivity index (χ3v) is 6.36. The largest absolute Gasteiger partial charge is 0.481 e. The van der Waals surface area contributed by atoms with Crippen LogP contribution >= 0.6 is 0 Å². The van der Waals surface area contributed by atoms with Gasteiger partial charge in [0.2, 0.25) is 0 Å². The van der Waals surface area contributed by atoms with Crippen molar-refractivity contribution in [3.05, 3.63) is 24.3 Å². The number of rotatable bonds is 26. The first-order chi connectivity index (χ1) is 17.1. The van der Waals surface area contributed by atoms with Crippen molar-refractivity contribution in [1.29, 1.82) is 0 Å². The number of unbranched alkanes of at least 4 members (excludes halogenated alkanes) is 15. The lowest BCUT2D eigenvalue weighted by Gasteiger charge is -2.15. The Hall–Kier alpha value is -1.58. The molecule has 4 nitrogen and oxygen atoms in total. The second kappa shape index (κ2) is 27.0. The standard InChI is InChI=1S/C31H56O4/c1-3-5-7-9-11-13-14-16-18-24-28-31(34)35-29(26-22-19-20-23-27-30(32)33)25-21-17-15-12-10-8-6-4-2/h7,9,21,25,29H,3-6,8,10-20,22-24,26-28H2,1-2H3,(H,32,33)/b9-7-,25-21-. The zero-order chi connectivity index (χ0) is 25.8. The van der Waals surface area contributed by atoms with Gasteiger partial charge in [-0.05, 0) is 63.9 Å². The topological polar surface area (TPSA) is 63.6 Å². The highest BCUT2D eigenvalue weighted by Crippen LogP contribution is 2.15. The van der Waals surface area contributed by atoms with Gasteiger partial charge < -0.3 is 9.84 Å². The molecule has 1 unspecified atom stereocenters. The maximum atomic E-state index is 12.4. The average molecular weight is 493 g/mol. The Morgan fingerprint density at radius 1 is 0.629 bits per heavy atom. The molecule has 0 spiro atoms. The normalized spacial score (nSPS) is 12.5. The number of carboxylic acid groups (broad SMARTS) is 1. The van der Waals surface area contributed by atoms with Crippen molar-refractivity contribution >= 4 is 11.9 Å². The molecule has 4 heteroatoms. The number of ether oxygens (including phenoxy) is 1. The first-order valence-electron chi connectivity index (χ1n) is 14.8. The van der Waals surface area contributed by atoms with Gasteiger partial charge in [0.05, 0.1) is 0 Å². The molecule has 0 radical (unpaired) electrons. The van der Waals surface area contributed by atoms with Crippen LogP contribution in [0.15, 0.2) is 24.3 Å². The van der Waals surface area contributed by atoms with E-state index in [4.69, 9.17) is 9.84 Å². The van der Waals surface area contributed by atoms with E-state index in [2.05, 4.69) is 38.2 Å². The van der Waals surface area contributed by atoms with E-state index in [1.165, 1.54) is 77.0 Å². The van der Waals surface area contributed by atoms with E-state index in [9.17, 15) is 9.59 Å². The predicted octanol–water partition coefficient (Wildman–Crippen LogP) is 9.72. The van der Waals surface area contributed by atoms with Crippen molar-refractivity contribution in [2.75, 3.05) is 0 Å². The number of allylic oxidation sites excluding steroid dienone is 3. The molecule has 0 aliphatic carbocycles. The molecule has 0 bridgehead atoms. The van der Waals surface area contributed by atoms with Gasteiger partial charge in [-0.25, -0.2) is 0 Å². The number of hydrogen-bond acceptors (Lipinski definition) is 3. The second-order valence-corrected chi connectivity index (χ2v) is 9.93. The maximum Gasteiger partial charge on any atom is 0.306 e. The van der Waals surface area contributed by atoms with Crippen LogP contribution in [0.5, 0.6) is 0 Å². The van der Waals surface area contributed by atoms with Gasteiger partial charge >= 0.3 is 11.9 Å². The van der Waals surface area contributed by atoms with E-state index in [1.807, 2.05) is 0 Å². The fraction of sp³-hybridized carbons (Fsp3) is 0.806. The first kappa shape index (κ1) is 33.4. The highest BCUT2D eigenvalue weighted by atomic mass is 16.5. The number of carbonyl (C=O) groups is 2. The molecule has 0 heterocycles. The number of carboxylic acids is 1. The van der Waals surface area contributed by atoms with Crippen molar-refractivity contribution < 1.29 is 19.4 Å². The van der Waals surface area contributed by atoms with Crippen LogP contribution in [0, 0.1) is 0 Å². The molecule has 35 heavy (non-hydrogen) atoms. The van der Waals surface area contributed by atoms with Crippen LogP contribution in [-0.2, 0) is 14.3 Å². The fourth-order valence-corrected chi connectivity index (χ4v) is 4.15. The van der Waals surface area contributed by atoms with Crippen molar-refractivity contribution in [3.63, 3.8) is 0 Å². The Balaban J connectivity index is 4.14. The van der Waals surface area contributed by atoms with Crippen molar-refractivity contribution in [1.82, 2.24) is 0 Å². The van der Waals surface area contributed by atoms with Gasteiger partial charge in [-0.1, -0.05) is 103 Å². The minimum absolute atomic E-state index is 0.0763. The molecule has 1 atom stereocenters. The first-order valence-corrected chi connectivity index (χ1v) is 14.8. The number of carbonyl (C=O) groups excluding carboxylic acids is 1. The molecule has 0 rings (SSSR count). The summed E-state index contributed by atoms with van der Waals surface area (Å²) in [5.74, 6) is -0.800. The minimum atomic E-state index is -0.724. The van der Waals surface area contributed by atoms with E-state index in [0.717, 1.165) is 51.4 Å². The fourth-order valence-electron chi connectivity index (χ4n) is 4.15. The summed E-state index contributed by atoms with van der Waals surface area (Å²) in [6.45, 7) is 4.44. The van der Waals surface area contributed by atoms with E-state index in [0.29, 0.717) is 6.42 Å². The molecule has 0 aliphatic rings. The van der Waals surface area contributed by atoms with Gasteiger partial charge in [0.15, 0.2) is 0 Å². The highest BCUT2D eigenvalue weighted by Gasteiger charge is 2.11. The molecule has 0 saturated carbocycles.